The van der Waals surface area contributed by atoms with Crippen LogP contribution < -0.4 is 5.32 Å². The zero-order valence-corrected chi connectivity index (χ0v) is 19.4. The van der Waals surface area contributed by atoms with Gasteiger partial charge in [-0.1, -0.05) is 11.6 Å². The van der Waals surface area contributed by atoms with Gasteiger partial charge in [0.25, 0.3) is 0 Å². The molecule has 0 spiro atoms. The normalized spacial score (nSPS) is 17.5. The highest BCUT2D eigenvalue weighted by molar-refractivity contribution is 14.0. The highest BCUT2D eigenvalue weighted by Gasteiger charge is 2.24. The van der Waals surface area contributed by atoms with Crippen LogP contribution >= 0.6 is 47.3 Å². The van der Waals surface area contributed by atoms with Gasteiger partial charge in [0.2, 0.25) is 0 Å². The van der Waals surface area contributed by atoms with E-state index in [0.29, 0.717) is 6.61 Å². The molecule has 1 aromatic heterocycles. The van der Waals surface area contributed by atoms with Gasteiger partial charge in [-0.15, -0.1) is 35.7 Å². The Labute approximate surface area is 186 Å². The fraction of sp³-hybridized carbons (Fsp3) is 0.444. The number of rotatable bonds is 5. The molecule has 0 bridgehead atoms. The number of hydrogen-bond acceptors (Lipinski definition) is 4. The number of thioether (sulfide) groups is 1. The fourth-order valence-electron chi connectivity index (χ4n) is 2.84. The van der Waals surface area contributed by atoms with Gasteiger partial charge in [-0.25, -0.2) is 0 Å². The minimum atomic E-state index is 0. The Morgan fingerprint density at radius 1 is 1.41 bits per heavy atom. The van der Waals surface area contributed by atoms with Crippen molar-refractivity contribution in [2.45, 2.75) is 11.0 Å². The lowest BCUT2D eigenvalue weighted by Crippen LogP contribution is -2.48. The van der Waals surface area contributed by atoms with E-state index in [9.17, 15) is 0 Å². The molecule has 3 rings (SSSR count). The Balaban J connectivity index is 0.00000261. The third-order valence-electron chi connectivity index (χ3n) is 4.14. The molecule has 0 saturated carbocycles. The van der Waals surface area contributed by atoms with E-state index < -0.39 is 0 Å². The van der Waals surface area contributed by atoms with Gasteiger partial charge in [0.1, 0.15) is 6.10 Å². The summed E-state index contributed by atoms with van der Waals surface area (Å²) in [4.78, 5) is 7.89. The summed E-state index contributed by atoms with van der Waals surface area (Å²) in [6.45, 7) is 3.13. The van der Waals surface area contributed by atoms with E-state index in [0.717, 1.165) is 41.9 Å². The SMILES string of the molecule is CN=C(NCCSc1ccc(Cl)cc1)N1CCOC(c2cnn(C)c2)C1.I. The number of nitrogens with one attached hydrogen (secondary N) is 1. The molecular weight excluding hydrogens is 497 g/mol. The largest absolute Gasteiger partial charge is 0.370 e. The number of aryl methyl sites for hydroxylation is 1. The van der Waals surface area contributed by atoms with E-state index in [1.807, 2.05) is 50.8 Å². The molecule has 0 radical (unpaired) electrons. The average molecular weight is 522 g/mol. The molecule has 1 atom stereocenters. The summed E-state index contributed by atoms with van der Waals surface area (Å²) in [5.74, 6) is 1.87. The van der Waals surface area contributed by atoms with E-state index >= 15 is 0 Å². The van der Waals surface area contributed by atoms with E-state index in [-0.39, 0.29) is 30.1 Å². The Hall–Kier alpha value is -0.970. The second kappa shape index (κ2) is 11.1. The van der Waals surface area contributed by atoms with Gasteiger partial charge in [-0.05, 0) is 24.3 Å². The molecular formula is C18H25ClIN5OS. The predicted molar refractivity (Wildman–Crippen MR) is 122 cm³/mol. The lowest BCUT2D eigenvalue weighted by atomic mass is 10.1. The number of benzene rings is 1. The van der Waals surface area contributed by atoms with Gasteiger partial charge in [-0.2, -0.15) is 5.10 Å². The van der Waals surface area contributed by atoms with Crippen LogP contribution in [0.3, 0.4) is 0 Å². The Morgan fingerprint density at radius 2 is 2.19 bits per heavy atom. The minimum absolute atomic E-state index is 0. The van der Waals surface area contributed by atoms with Crippen molar-refractivity contribution in [3.8, 4) is 0 Å². The number of halogens is 2. The maximum absolute atomic E-state index is 5.92. The van der Waals surface area contributed by atoms with Gasteiger partial charge < -0.3 is 15.0 Å². The molecule has 0 aliphatic carbocycles. The highest BCUT2D eigenvalue weighted by Crippen LogP contribution is 2.22. The summed E-state index contributed by atoms with van der Waals surface area (Å²) in [6, 6.07) is 7.93. The van der Waals surface area contributed by atoms with E-state index in [2.05, 4.69) is 20.3 Å². The monoisotopic (exact) mass is 521 g/mol. The molecule has 1 aromatic carbocycles. The molecule has 1 fully saturated rings. The molecule has 148 valence electrons. The van der Waals surface area contributed by atoms with Crippen LogP contribution in [0.1, 0.15) is 11.7 Å². The van der Waals surface area contributed by atoms with Crippen LogP contribution in [0.2, 0.25) is 5.02 Å². The topological polar surface area (TPSA) is 54.7 Å². The van der Waals surface area contributed by atoms with Crippen LogP contribution in [-0.4, -0.2) is 59.7 Å². The van der Waals surface area contributed by atoms with E-state index in [1.54, 1.807) is 16.4 Å². The molecule has 27 heavy (non-hydrogen) atoms. The van der Waals surface area contributed by atoms with Crippen LogP contribution in [0.15, 0.2) is 46.5 Å². The maximum atomic E-state index is 5.92. The summed E-state index contributed by atoms with van der Waals surface area (Å²) >= 11 is 7.72. The first kappa shape index (κ1) is 22.3. The molecule has 2 aromatic rings. The first-order valence-electron chi connectivity index (χ1n) is 8.60. The molecule has 1 unspecified atom stereocenters. The summed E-state index contributed by atoms with van der Waals surface area (Å²) in [7, 11) is 3.74. The number of nitrogens with zero attached hydrogens (tertiary/aromatic N) is 4. The quantitative estimate of drug-likeness (QED) is 0.215. The summed E-state index contributed by atoms with van der Waals surface area (Å²) in [5.41, 5.74) is 1.10. The third kappa shape index (κ3) is 6.55. The molecule has 0 amide bonds. The molecule has 1 N–H and O–H groups in total. The summed E-state index contributed by atoms with van der Waals surface area (Å²) in [6.07, 6.45) is 3.90. The standard InChI is InChI=1S/C18H24ClN5OS.HI/c1-20-18(21-7-10-26-16-5-3-15(19)4-6-16)24-8-9-25-17(13-24)14-11-22-23(2)12-14;/h3-6,11-12,17H,7-10,13H2,1-2H3,(H,20,21);1H. The molecule has 2 heterocycles. The maximum Gasteiger partial charge on any atom is 0.193 e. The number of morpholine rings is 1. The van der Waals surface area contributed by atoms with E-state index in [1.165, 1.54) is 4.90 Å². The smallest absolute Gasteiger partial charge is 0.193 e. The zero-order chi connectivity index (χ0) is 18.4. The van der Waals surface area contributed by atoms with Gasteiger partial charge in [0, 0.05) is 54.6 Å². The second-order valence-electron chi connectivity index (χ2n) is 6.03. The highest BCUT2D eigenvalue weighted by atomic mass is 127. The Kier molecular flexibility index (Phi) is 9.20. The number of aromatic nitrogens is 2. The van der Waals surface area contributed by atoms with Crippen LogP contribution in [0, 0.1) is 0 Å². The number of guanidine groups is 1. The molecule has 6 nitrogen and oxygen atoms in total. The van der Waals surface area contributed by atoms with Crippen molar-refractivity contribution in [2.24, 2.45) is 12.0 Å². The van der Waals surface area contributed by atoms with Gasteiger partial charge in [-0.3, -0.25) is 9.67 Å². The predicted octanol–water partition coefficient (Wildman–Crippen LogP) is 3.43. The third-order valence-corrected chi connectivity index (χ3v) is 5.41. The van der Waals surface area contributed by atoms with Crippen LogP contribution in [0.5, 0.6) is 0 Å². The zero-order valence-electron chi connectivity index (χ0n) is 15.5. The minimum Gasteiger partial charge on any atom is -0.370 e. The first-order chi connectivity index (χ1) is 12.7. The average Bonchev–Trinajstić information content (AvgIpc) is 3.10. The first-order valence-corrected chi connectivity index (χ1v) is 9.96. The summed E-state index contributed by atoms with van der Waals surface area (Å²) < 4.78 is 7.71. The van der Waals surface area contributed by atoms with Gasteiger partial charge >= 0.3 is 0 Å². The second-order valence-corrected chi connectivity index (χ2v) is 7.63. The van der Waals surface area contributed by atoms with Crippen molar-refractivity contribution < 1.29 is 4.74 Å². The van der Waals surface area contributed by atoms with Gasteiger partial charge in [0.15, 0.2) is 5.96 Å². The van der Waals surface area contributed by atoms with Crippen LogP contribution in [-0.2, 0) is 11.8 Å². The number of ether oxygens (including phenoxy) is 1. The number of hydrogen-bond donors (Lipinski definition) is 1. The lowest BCUT2D eigenvalue weighted by Gasteiger charge is -2.34. The fourth-order valence-corrected chi connectivity index (χ4v) is 3.74. The molecule has 1 saturated heterocycles. The summed E-state index contributed by atoms with van der Waals surface area (Å²) in [5, 5.41) is 8.46. The van der Waals surface area contributed by atoms with Gasteiger partial charge in [0.05, 0.1) is 19.3 Å². The van der Waals surface area contributed by atoms with Crippen molar-refractivity contribution in [1.29, 1.82) is 0 Å². The van der Waals surface area contributed by atoms with Crippen molar-refractivity contribution in [1.82, 2.24) is 20.0 Å². The molecule has 1 aliphatic rings. The van der Waals surface area contributed by atoms with Crippen LogP contribution in [0.25, 0.3) is 0 Å². The van der Waals surface area contributed by atoms with Crippen molar-refractivity contribution in [3.05, 3.63) is 47.2 Å². The van der Waals surface area contributed by atoms with Crippen LogP contribution in [0.4, 0.5) is 0 Å². The lowest BCUT2D eigenvalue weighted by molar-refractivity contribution is -0.00798. The van der Waals surface area contributed by atoms with Crippen molar-refractivity contribution in [3.63, 3.8) is 0 Å². The molecule has 9 heteroatoms. The van der Waals surface area contributed by atoms with Crippen molar-refractivity contribution >= 4 is 53.3 Å². The van der Waals surface area contributed by atoms with E-state index in [4.69, 9.17) is 16.3 Å². The Bertz CT molecular complexity index is 740. The Morgan fingerprint density at radius 3 is 2.85 bits per heavy atom. The van der Waals surface area contributed by atoms with Crippen molar-refractivity contribution in [2.75, 3.05) is 39.0 Å². The number of aliphatic imine (C=N–C) groups is 1. The molecule has 1 aliphatic heterocycles.